The predicted molar refractivity (Wildman–Crippen MR) is 199 cm³/mol. The van der Waals surface area contributed by atoms with E-state index in [1.807, 2.05) is 0 Å². The number of halogens is 3. The molecule has 3 aromatic heterocycles. The molecular weight excluding hydrogens is 733 g/mol. The van der Waals surface area contributed by atoms with E-state index in [-0.39, 0.29) is 42.4 Å². The number of hydrogen-bond donors (Lipinski definition) is 2. The molecule has 0 spiro atoms. The van der Waals surface area contributed by atoms with Crippen molar-refractivity contribution in [1.82, 2.24) is 34.9 Å². The Morgan fingerprint density at radius 3 is 2.48 bits per heavy atom. The van der Waals surface area contributed by atoms with Gasteiger partial charge in [-0.1, -0.05) is 18.2 Å². The maximum absolute atomic E-state index is 14.5. The number of anilines is 1. The SMILES string of the molecule is C=CCCCNC(=O)Oc1cc(-c2cnc(C)nc2)cc2c(C(C)=O)nn(CC(=O)N3[C@H](C(=O)Nc4nc(C(F)(F)F)ccc4C)C[C@@]4(COCC=C)C[C@@H]34)c12. The maximum Gasteiger partial charge on any atom is 0.433 e. The summed E-state index contributed by atoms with van der Waals surface area (Å²) in [6.45, 7) is 12.2. The number of ketones is 1. The lowest BCUT2D eigenvalue weighted by Crippen LogP contribution is -2.47. The molecule has 0 radical (unpaired) electrons. The van der Waals surface area contributed by atoms with Crippen molar-refractivity contribution in [2.75, 3.05) is 25.1 Å². The first-order chi connectivity index (χ1) is 26.7. The Hall–Kier alpha value is -5.97. The number of carbonyl (C=O) groups excluding carboxylic acids is 4. The molecule has 3 atom stereocenters. The summed E-state index contributed by atoms with van der Waals surface area (Å²) in [5, 5.41) is 10.0. The highest BCUT2D eigenvalue weighted by atomic mass is 19.4. The zero-order valence-corrected chi connectivity index (χ0v) is 31.1. The van der Waals surface area contributed by atoms with E-state index < -0.39 is 59.6 Å². The fourth-order valence-electron chi connectivity index (χ4n) is 7.00. The summed E-state index contributed by atoms with van der Waals surface area (Å²) < 4.78 is 53.4. The molecule has 0 unspecified atom stereocenters. The number of aromatic nitrogens is 5. The second kappa shape index (κ2) is 16.0. The third-order valence-corrected chi connectivity index (χ3v) is 9.86. The maximum atomic E-state index is 14.5. The van der Waals surface area contributed by atoms with Crippen LogP contribution in [0.2, 0.25) is 0 Å². The smallest absolute Gasteiger partial charge is 0.408 e. The van der Waals surface area contributed by atoms with Crippen molar-refractivity contribution < 1.29 is 41.8 Å². The molecule has 294 valence electrons. The number of rotatable bonds is 15. The lowest BCUT2D eigenvalue weighted by Gasteiger charge is -2.27. The number of fused-ring (bicyclic) bond motifs is 2. The molecule has 56 heavy (non-hydrogen) atoms. The molecule has 1 aliphatic heterocycles. The average molecular weight is 775 g/mol. The molecule has 6 rings (SSSR count). The van der Waals surface area contributed by atoms with Gasteiger partial charge >= 0.3 is 12.3 Å². The second-order valence-corrected chi connectivity index (χ2v) is 14.0. The molecule has 14 nitrogen and oxygen atoms in total. The first kappa shape index (κ1) is 39.7. The molecule has 1 aliphatic carbocycles. The number of likely N-dealkylation sites (tertiary alicyclic amines) is 1. The van der Waals surface area contributed by atoms with Crippen molar-refractivity contribution in [3.05, 3.63) is 84.7 Å². The van der Waals surface area contributed by atoms with Crippen molar-refractivity contribution in [1.29, 1.82) is 0 Å². The van der Waals surface area contributed by atoms with Crippen LogP contribution in [-0.2, 0) is 27.0 Å². The fourth-order valence-corrected chi connectivity index (χ4v) is 7.00. The van der Waals surface area contributed by atoms with Gasteiger partial charge in [0.25, 0.3) is 0 Å². The van der Waals surface area contributed by atoms with Crippen molar-refractivity contribution in [3.8, 4) is 16.9 Å². The summed E-state index contributed by atoms with van der Waals surface area (Å²) in [6, 6.07) is 3.71. The summed E-state index contributed by atoms with van der Waals surface area (Å²) >= 11 is 0. The van der Waals surface area contributed by atoms with E-state index in [2.05, 4.69) is 43.8 Å². The van der Waals surface area contributed by atoms with Crippen LogP contribution in [0.5, 0.6) is 5.75 Å². The number of allylic oxidation sites excluding steroid dienone is 1. The molecule has 4 heterocycles. The van der Waals surface area contributed by atoms with Crippen LogP contribution in [-0.4, -0.2) is 85.2 Å². The molecule has 3 amide bonds. The van der Waals surface area contributed by atoms with Gasteiger partial charge in [-0.2, -0.15) is 18.3 Å². The average Bonchev–Trinajstić information content (AvgIpc) is 3.55. The van der Waals surface area contributed by atoms with E-state index >= 15 is 0 Å². The topological polar surface area (TPSA) is 171 Å². The number of amides is 3. The zero-order chi connectivity index (χ0) is 40.4. The first-order valence-electron chi connectivity index (χ1n) is 17.9. The molecular formula is C39H41F3N8O6. The number of hydrogen-bond acceptors (Lipinski definition) is 10. The molecule has 0 bridgehead atoms. The third-order valence-electron chi connectivity index (χ3n) is 9.86. The van der Waals surface area contributed by atoms with Crippen LogP contribution < -0.4 is 15.4 Å². The van der Waals surface area contributed by atoms with E-state index in [9.17, 15) is 32.3 Å². The molecule has 2 fully saturated rings. The van der Waals surface area contributed by atoms with Crippen LogP contribution in [0.3, 0.4) is 0 Å². The summed E-state index contributed by atoms with van der Waals surface area (Å²) in [5.41, 5.74) is -0.226. The van der Waals surface area contributed by atoms with E-state index in [4.69, 9.17) is 9.47 Å². The highest BCUT2D eigenvalue weighted by Crippen LogP contribution is 2.60. The number of piperidine rings is 1. The molecule has 2 N–H and O–H groups in total. The number of nitrogens with one attached hydrogen (secondary N) is 2. The number of unbranched alkanes of at least 4 members (excludes halogenated alkanes) is 1. The first-order valence-corrected chi connectivity index (χ1v) is 17.9. The van der Waals surface area contributed by atoms with Crippen molar-refractivity contribution in [2.45, 2.75) is 71.3 Å². The minimum absolute atomic E-state index is 0.000624. The lowest BCUT2D eigenvalue weighted by molar-refractivity contribution is -0.141. The van der Waals surface area contributed by atoms with Gasteiger partial charge in [0.05, 0.1) is 13.2 Å². The number of aryl methyl sites for hydroxylation is 2. The molecule has 2 aliphatic rings. The number of nitrogens with zero attached hydrogens (tertiary/aromatic N) is 6. The summed E-state index contributed by atoms with van der Waals surface area (Å²) in [7, 11) is 0. The zero-order valence-electron chi connectivity index (χ0n) is 31.1. The van der Waals surface area contributed by atoms with E-state index in [0.717, 1.165) is 6.07 Å². The van der Waals surface area contributed by atoms with Crippen LogP contribution >= 0.6 is 0 Å². The predicted octanol–water partition coefficient (Wildman–Crippen LogP) is 5.98. The van der Waals surface area contributed by atoms with Crippen LogP contribution in [0.1, 0.15) is 60.2 Å². The van der Waals surface area contributed by atoms with Crippen molar-refractivity contribution >= 4 is 40.4 Å². The number of benzene rings is 1. The summed E-state index contributed by atoms with van der Waals surface area (Å²) in [4.78, 5) is 68.0. The standard InChI is InChI=1S/C39H41F3N8O6/c1-6-8-9-12-43-37(54)56-29-15-25(26-18-44-24(5)45-19-26)14-27-33(23(4)51)48-49(34(27)29)20-32(52)50-28(16-38(17-31(38)50)21-55-13-7-2)36(53)47-35-22(3)10-11-30(46-35)39(40,41)42/h6-7,10-11,14-15,18-19,28,31H,1-2,8-9,12-13,16-17,20-21H2,3-5H3,(H,43,54)(H,46,47,53)/t28-,31+,38-/m0/s1. The van der Waals surface area contributed by atoms with Gasteiger partial charge in [-0.3, -0.25) is 19.1 Å². The number of Topliss-reactive ketones (excluding diaryl/α,β-unsaturated/α-hetero) is 1. The van der Waals surface area contributed by atoms with Gasteiger partial charge in [0.2, 0.25) is 11.8 Å². The normalized spacial score (nSPS) is 18.6. The van der Waals surface area contributed by atoms with Crippen LogP contribution in [0.4, 0.5) is 23.8 Å². The molecule has 1 saturated carbocycles. The highest BCUT2D eigenvalue weighted by Gasteiger charge is 2.67. The highest BCUT2D eigenvalue weighted by molar-refractivity contribution is 6.08. The molecule has 4 aromatic rings. The lowest BCUT2D eigenvalue weighted by atomic mass is 10.00. The number of carbonyl (C=O) groups is 4. The summed E-state index contributed by atoms with van der Waals surface area (Å²) in [5.74, 6) is -1.47. The number of ether oxygens (including phenoxy) is 2. The molecule has 1 aromatic carbocycles. The van der Waals surface area contributed by atoms with Crippen LogP contribution in [0, 0.1) is 19.3 Å². The summed E-state index contributed by atoms with van der Waals surface area (Å²) in [6.07, 6.45) is 2.90. The minimum atomic E-state index is -4.74. The Balaban J connectivity index is 1.37. The fraction of sp³-hybridized carbons (Fsp3) is 0.385. The van der Waals surface area contributed by atoms with E-state index in [1.54, 1.807) is 43.6 Å². The van der Waals surface area contributed by atoms with Gasteiger partial charge in [-0.15, -0.1) is 13.2 Å². The monoisotopic (exact) mass is 774 g/mol. The van der Waals surface area contributed by atoms with Crippen molar-refractivity contribution in [2.24, 2.45) is 5.41 Å². The van der Waals surface area contributed by atoms with Gasteiger partial charge < -0.3 is 25.0 Å². The van der Waals surface area contributed by atoms with Gasteiger partial charge in [0, 0.05) is 48.3 Å². The Bertz CT molecular complexity index is 2210. The number of alkyl halides is 3. The number of pyridine rings is 1. The quantitative estimate of drug-likeness (QED) is 0.0832. The van der Waals surface area contributed by atoms with Gasteiger partial charge in [0.1, 0.15) is 41.1 Å². The van der Waals surface area contributed by atoms with Gasteiger partial charge in [-0.05, 0) is 68.9 Å². The largest absolute Gasteiger partial charge is 0.433 e. The minimum Gasteiger partial charge on any atom is -0.408 e. The Kier molecular flexibility index (Phi) is 11.4. The van der Waals surface area contributed by atoms with E-state index in [1.165, 1.54) is 29.5 Å². The Morgan fingerprint density at radius 1 is 1.05 bits per heavy atom. The van der Waals surface area contributed by atoms with E-state index in [0.29, 0.717) is 53.7 Å². The third kappa shape index (κ3) is 8.32. The Labute approximate surface area is 320 Å². The van der Waals surface area contributed by atoms with Crippen LogP contribution in [0.15, 0.2) is 62.0 Å². The van der Waals surface area contributed by atoms with Crippen molar-refractivity contribution in [3.63, 3.8) is 0 Å². The Morgan fingerprint density at radius 2 is 1.80 bits per heavy atom. The second-order valence-electron chi connectivity index (χ2n) is 14.0. The molecule has 1 saturated heterocycles. The van der Waals surface area contributed by atoms with Crippen LogP contribution in [0.25, 0.3) is 22.0 Å². The van der Waals surface area contributed by atoms with Gasteiger partial charge in [-0.25, -0.2) is 19.7 Å². The van der Waals surface area contributed by atoms with Gasteiger partial charge in [0.15, 0.2) is 11.5 Å². The molecule has 17 heteroatoms.